The van der Waals surface area contributed by atoms with Gasteiger partial charge in [-0.2, -0.15) is 0 Å². The second-order valence-electron chi connectivity index (χ2n) is 11.8. The monoisotopic (exact) mass is 523 g/mol. The molecule has 3 N–H and O–H groups in total. The largest absolute Gasteiger partial charge is 0.475 e. The summed E-state index contributed by atoms with van der Waals surface area (Å²) < 4.78 is 5.43. The number of ketones is 1. The van der Waals surface area contributed by atoms with Gasteiger partial charge in [-0.25, -0.2) is 9.59 Å². The standard InChI is InChI=1S/C27H45N3O7/c1-7-17-13-14-30(21(17)23(32)28-19(15-16(2)3)22(31)25(34)35)24(33)20(18-11-9-8-10-12-18)29-26(36)37-27(4,5)6/h16-21H,7-15H2,1-6H3,(H,28,32)(H,29,36)(H,34,35)/t17?,19?,20-,21-/m0/s1. The van der Waals surface area contributed by atoms with E-state index in [-0.39, 0.29) is 30.1 Å². The number of rotatable bonds is 10. The molecule has 0 spiro atoms. The average molecular weight is 524 g/mol. The van der Waals surface area contributed by atoms with Crippen LogP contribution in [0.3, 0.4) is 0 Å². The van der Waals surface area contributed by atoms with Crippen LogP contribution >= 0.6 is 0 Å². The van der Waals surface area contributed by atoms with E-state index in [1.807, 2.05) is 20.8 Å². The van der Waals surface area contributed by atoms with Crippen LogP contribution in [0.25, 0.3) is 0 Å². The number of hydrogen-bond acceptors (Lipinski definition) is 6. The van der Waals surface area contributed by atoms with Crippen LogP contribution in [0.15, 0.2) is 0 Å². The van der Waals surface area contributed by atoms with Crippen molar-refractivity contribution in [2.24, 2.45) is 17.8 Å². The number of nitrogens with zero attached hydrogens (tertiary/aromatic N) is 1. The molecule has 0 aromatic carbocycles. The number of carboxylic acids is 1. The minimum Gasteiger partial charge on any atom is -0.475 e. The van der Waals surface area contributed by atoms with E-state index in [0.29, 0.717) is 19.4 Å². The van der Waals surface area contributed by atoms with Crippen molar-refractivity contribution in [2.45, 2.75) is 117 Å². The van der Waals surface area contributed by atoms with Crippen LogP contribution in [-0.2, 0) is 23.9 Å². The molecule has 2 fully saturated rings. The maximum absolute atomic E-state index is 13.9. The smallest absolute Gasteiger partial charge is 0.408 e. The van der Waals surface area contributed by atoms with Crippen LogP contribution in [-0.4, -0.2) is 69.9 Å². The quantitative estimate of drug-likeness (QED) is 0.373. The van der Waals surface area contributed by atoms with E-state index in [1.165, 1.54) is 4.90 Å². The third-order valence-corrected chi connectivity index (χ3v) is 7.21. The number of hydrogen-bond donors (Lipinski definition) is 3. The summed E-state index contributed by atoms with van der Waals surface area (Å²) in [5, 5.41) is 14.7. The lowest BCUT2D eigenvalue weighted by Gasteiger charge is -2.36. The highest BCUT2D eigenvalue weighted by molar-refractivity contribution is 6.35. The number of carboxylic acid groups (broad SMARTS) is 1. The van der Waals surface area contributed by atoms with Gasteiger partial charge >= 0.3 is 12.1 Å². The molecule has 1 heterocycles. The Morgan fingerprint density at radius 2 is 1.62 bits per heavy atom. The first-order chi connectivity index (χ1) is 17.2. The maximum Gasteiger partial charge on any atom is 0.408 e. The van der Waals surface area contributed by atoms with Crippen LogP contribution in [0.1, 0.15) is 92.9 Å². The molecule has 10 nitrogen and oxygen atoms in total. The number of ether oxygens (including phenoxy) is 1. The Kier molecular flexibility index (Phi) is 10.9. The van der Waals surface area contributed by atoms with E-state index in [4.69, 9.17) is 4.74 Å². The second-order valence-corrected chi connectivity index (χ2v) is 11.8. The van der Waals surface area contributed by atoms with Gasteiger partial charge in [-0.3, -0.25) is 14.4 Å². The molecular formula is C27H45N3O7. The zero-order valence-corrected chi connectivity index (χ0v) is 23.2. The molecule has 1 saturated heterocycles. The van der Waals surface area contributed by atoms with Gasteiger partial charge < -0.3 is 25.4 Å². The van der Waals surface area contributed by atoms with Crippen molar-refractivity contribution in [3.05, 3.63) is 0 Å². The lowest BCUT2D eigenvalue weighted by Crippen LogP contribution is -2.59. The number of Topliss-reactive ketones (excluding diaryl/α,β-unsaturated/α-hetero) is 1. The predicted molar refractivity (Wildman–Crippen MR) is 138 cm³/mol. The van der Waals surface area contributed by atoms with Crippen LogP contribution in [0.2, 0.25) is 0 Å². The molecule has 0 bridgehead atoms. The van der Waals surface area contributed by atoms with Crippen molar-refractivity contribution in [3.8, 4) is 0 Å². The molecule has 2 aliphatic rings. The minimum atomic E-state index is -1.60. The summed E-state index contributed by atoms with van der Waals surface area (Å²) in [4.78, 5) is 65.3. The number of nitrogens with one attached hydrogen (secondary N) is 2. The molecule has 1 saturated carbocycles. The molecule has 10 heteroatoms. The number of likely N-dealkylation sites (tertiary alicyclic amines) is 1. The first kappa shape index (κ1) is 30.6. The van der Waals surface area contributed by atoms with Gasteiger partial charge in [-0.05, 0) is 64.2 Å². The van der Waals surface area contributed by atoms with Crippen molar-refractivity contribution in [3.63, 3.8) is 0 Å². The second kappa shape index (κ2) is 13.2. The highest BCUT2D eigenvalue weighted by atomic mass is 16.6. The van der Waals surface area contributed by atoms with Gasteiger partial charge in [-0.1, -0.05) is 46.5 Å². The van der Waals surface area contributed by atoms with E-state index in [2.05, 4.69) is 10.6 Å². The molecule has 4 atom stereocenters. The normalized spacial score (nSPS) is 22.3. The number of carbonyl (C=O) groups excluding carboxylic acids is 4. The summed E-state index contributed by atoms with van der Waals surface area (Å²) in [5.74, 6) is -3.77. The van der Waals surface area contributed by atoms with Gasteiger partial charge in [-0.15, -0.1) is 0 Å². The summed E-state index contributed by atoms with van der Waals surface area (Å²) >= 11 is 0. The fraction of sp³-hybridized carbons (Fsp3) is 0.815. The number of carbonyl (C=O) groups is 5. The molecular weight excluding hydrogens is 478 g/mol. The summed E-state index contributed by atoms with van der Waals surface area (Å²) in [6, 6.07) is -2.84. The molecule has 0 radical (unpaired) electrons. The van der Waals surface area contributed by atoms with Crippen LogP contribution in [0, 0.1) is 17.8 Å². The Balaban J connectivity index is 2.30. The highest BCUT2D eigenvalue weighted by Crippen LogP contribution is 2.32. The minimum absolute atomic E-state index is 0.0226. The molecule has 0 aromatic heterocycles. The lowest BCUT2D eigenvalue weighted by molar-refractivity contribution is -0.151. The molecule has 3 amide bonds. The Hall–Kier alpha value is -2.65. The van der Waals surface area contributed by atoms with Gasteiger partial charge in [0, 0.05) is 6.54 Å². The van der Waals surface area contributed by atoms with Crippen molar-refractivity contribution in [1.29, 1.82) is 0 Å². The van der Waals surface area contributed by atoms with E-state index in [9.17, 15) is 29.1 Å². The Morgan fingerprint density at radius 1 is 1.00 bits per heavy atom. The molecule has 1 aliphatic carbocycles. The van der Waals surface area contributed by atoms with Crippen molar-refractivity contribution in [1.82, 2.24) is 15.5 Å². The number of aliphatic carboxylic acids is 1. The Morgan fingerprint density at radius 3 is 2.14 bits per heavy atom. The summed E-state index contributed by atoms with van der Waals surface area (Å²) in [6.45, 7) is 11.2. The Bertz CT molecular complexity index is 845. The molecule has 210 valence electrons. The first-order valence-corrected chi connectivity index (χ1v) is 13.6. The molecule has 2 rings (SSSR count). The third kappa shape index (κ3) is 8.71. The first-order valence-electron chi connectivity index (χ1n) is 13.6. The van der Waals surface area contributed by atoms with E-state index in [1.54, 1.807) is 20.8 Å². The SMILES string of the molecule is CCC1CCN(C(=O)[C@@H](NC(=O)OC(C)(C)C)C2CCCCC2)[C@@H]1C(=O)NC(CC(C)C)C(=O)C(=O)O. The highest BCUT2D eigenvalue weighted by Gasteiger charge is 2.46. The van der Waals surface area contributed by atoms with Crippen LogP contribution < -0.4 is 10.6 Å². The zero-order valence-electron chi connectivity index (χ0n) is 23.2. The van der Waals surface area contributed by atoms with Crippen molar-refractivity contribution in [2.75, 3.05) is 6.54 Å². The zero-order chi connectivity index (χ0) is 27.9. The van der Waals surface area contributed by atoms with Crippen LogP contribution in [0.5, 0.6) is 0 Å². The predicted octanol–water partition coefficient (Wildman–Crippen LogP) is 3.27. The van der Waals surface area contributed by atoms with Gasteiger partial charge in [0.15, 0.2) is 0 Å². The Labute approximate surface area is 220 Å². The summed E-state index contributed by atoms with van der Waals surface area (Å²) in [5.41, 5.74) is -0.726. The van der Waals surface area contributed by atoms with Gasteiger partial charge in [0.05, 0.1) is 6.04 Å². The van der Waals surface area contributed by atoms with Crippen LogP contribution in [0.4, 0.5) is 4.79 Å². The molecule has 1 aliphatic heterocycles. The fourth-order valence-corrected chi connectivity index (χ4v) is 5.46. The summed E-state index contributed by atoms with van der Waals surface area (Å²) in [7, 11) is 0. The van der Waals surface area contributed by atoms with Crippen molar-refractivity contribution < 1.29 is 33.8 Å². The fourth-order valence-electron chi connectivity index (χ4n) is 5.46. The van der Waals surface area contributed by atoms with E-state index < -0.39 is 47.5 Å². The topological polar surface area (TPSA) is 142 Å². The van der Waals surface area contributed by atoms with Gasteiger partial charge in [0.1, 0.15) is 17.7 Å². The molecule has 37 heavy (non-hydrogen) atoms. The third-order valence-electron chi connectivity index (χ3n) is 7.21. The molecule has 0 aromatic rings. The van der Waals surface area contributed by atoms with Gasteiger partial charge in [0.25, 0.3) is 5.78 Å². The van der Waals surface area contributed by atoms with Gasteiger partial charge in [0.2, 0.25) is 11.8 Å². The number of amides is 3. The van der Waals surface area contributed by atoms with E-state index >= 15 is 0 Å². The summed E-state index contributed by atoms with van der Waals surface area (Å²) in [6.07, 6.45) is 5.32. The maximum atomic E-state index is 13.9. The van der Waals surface area contributed by atoms with Crippen molar-refractivity contribution >= 4 is 29.7 Å². The number of alkyl carbamates (subject to hydrolysis) is 1. The molecule has 2 unspecified atom stereocenters. The average Bonchev–Trinajstić information content (AvgIpc) is 3.24. The van der Waals surface area contributed by atoms with E-state index in [0.717, 1.165) is 32.1 Å². The lowest BCUT2D eigenvalue weighted by atomic mass is 9.83.